The molecule has 0 bridgehead atoms. The topological polar surface area (TPSA) is 78.0 Å². The number of hydrogen-bond donors (Lipinski definition) is 0. The van der Waals surface area contributed by atoms with Crippen LogP contribution < -0.4 is 0 Å². The van der Waals surface area contributed by atoms with Gasteiger partial charge in [-0.1, -0.05) is 38.3 Å². The number of sulfonamides is 1. The van der Waals surface area contributed by atoms with Crippen molar-refractivity contribution < 1.29 is 18.0 Å². The summed E-state index contributed by atoms with van der Waals surface area (Å²) >= 11 is 0. The van der Waals surface area contributed by atoms with Crippen molar-refractivity contribution in [1.82, 2.24) is 14.1 Å². The third kappa shape index (κ3) is 7.04. The maximum atomic E-state index is 12.9. The molecule has 2 saturated heterocycles. The van der Waals surface area contributed by atoms with Gasteiger partial charge in [-0.05, 0) is 56.2 Å². The number of benzene rings is 1. The van der Waals surface area contributed by atoms with Gasteiger partial charge in [-0.25, -0.2) is 8.42 Å². The number of carbonyl (C=O) groups excluding carboxylic acids is 2. The van der Waals surface area contributed by atoms with Crippen LogP contribution in [0.25, 0.3) is 0 Å². The van der Waals surface area contributed by atoms with E-state index in [1.165, 1.54) is 0 Å². The SMILES string of the molecule is CCCCN(C)C(=O)C1CCN(C(=O)CCc2ccc(S(=O)(=O)N3CCCCCC3)cc2)CC1. The minimum absolute atomic E-state index is 0.0181. The summed E-state index contributed by atoms with van der Waals surface area (Å²) in [7, 11) is -1.57. The van der Waals surface area contributed by atoms with E-state index in [2.05, 4.69) is 6.92 Å². The molecule has 2 fully saturated rings. The first-order valence-electron chi connectivity index (χ1n) is 12.9. The maximum absolute atomic E-state index is 12.9. The molecule has 0 spiro atoms. The van der Waals surface area contributed by atoms with Crippen LogP contribution in [-0.4, -0.2) is 74.1 Å². The minimum atomic E-state index is -3.45. The zero-order valence-corrected chi connectivity index (χ0v) is 21.7. The number of amides is 2. The van der Waals surface area contributed by atoms with Gasteiger partial charge in [0.15, 0.2) is 0 Å². The number of piperidine rings is 1. The van der Waals surface area contributed by atoms with Crippen molar-refractivity contribution >= 4 is 21.8 Å². The number of nitrogens with zero attached hydrogens (tertiary/aromatic N) is 3. The highest BCUT2D eigenvalue weighted by atomic mass is 32.2. The van der Waals surface area contributed by atoms with Gasteiger partial charge < -0.3 is 9.80 Å². The molecule has 190 valence electrons. The average Bonchev–Trinajstić information content (AvgIpc) is 3.16. The molecule has 2 amide bonds. The summed E-state index contributed by atoms with van der Waals surface area (Å²) in [5, 5.41) is 0. The van der Waals surface area contributed by atoms with Crippen LogP contribution in [-0.2, 0) is 26.0 Å². The lowest BCUT2D eigenvalue weighted by molar-refractivity contribution is -0.139. The van der Waals surface area contributed by atoms with Gasteiger partial charge in [-0.2, -0.15) is 4.31 Å². The molecule has 2 heterocycles. The van der Waals surface area contributed by atoms with E-state index in [4.69, 9.17) is 0 Å². The quantitative estimate of drug-likeness (QED) is 0.528. The molecule has 2 aliphatic heterocycles. The maximum Gasteiger partial charge on any atom is 0.243 e. The fraction of sp³-hybridized carbons (Fsp3) is 0.692. The van der Waals surface area contributed by atoms with E-state index in [-0.39, 0.29) is 17.7 Å². The van der Waals surface area contributed by atoms with Crippen molar-refractivity contribution in [2.75, 3.05) is 39.8 Å². The summed E-state index contributed by atoms with van der Waals surface area (Å²) in [6, 6.07) is 7.00. The molecule has 0 unspecified atom stereocenters. The molecule has 8 heteroatoms. The van der Waals surface area contributed by atoms with E-state index in [0.717, 1.165) is 63.5 Å². The summed E-state index contributed by atoms with van der Waals surface area (Å²) in [6.07, 6.45) is 8.53. The van der Waals surface area contributed by atoms with Crippen LogP contribution in [0.15, 0.2) is 29.2 Å². The van der Waals surface area contributed by atoms with Crippen molar-refractivity contribution in [3.8, 4) is 0 Å². The molecule has 0 saturated carbocycles. The molecular formula is C26H41N3O4S. The second-order valence-corrected chi connectivity index (χ2v) is 11.7. The molecule has 34 heavy (non-hydrogen) atoms. The number of hydrogen-bond acceptors (Lipinski definition) is 4. The third-order valence-electron chi connectivity index (χ3n) is 7.17. The van der Waals surface area contributed by atoms with Crippen LogP contribution in [0, 0.1) is 5.92 Å². The van der Waals surface area contributed by atoms with Crippen molar-refractivity contribution in [3.63, 3.8) is 0 Å². The first-order chi connectivity index (χ1) is 16.3. The summed E-state index contributed by atoms with van der Waals surface area (Å²) in [4.78, 5) is 29.3. The third-order valence-corrected chi connectivity index (χ3v) is 9.09. The fourth-order valence-corrected chi connectivity index (χ4v) is 6.38. The average molecular weight is 492 g/mol. The van der Waals surface area contributed by atoms with Crippen LogP contribution in [0.2, 0.25) is 0 Å². The zero-order chi connectivity index (χ0) is 24.6. The Labute approximate surface area is 205 Å². The monoisotopic (exact) mass is 491 g/mol. The molecule has 0 aliphatic carbocycles. The Kier molecular flexibility index (Phi) is 9.95. The largest absolute Gasteiger partial charge is 0.346 e. The molecule has 1 aromatic rings. The van der Waals surface area contributed by atoms with Crippen LogP contribution in [0.3, 0.4) is 0 Å². The Bertz CT molecular complexity index is 900. The highest BCUT2D eigenvalue weighted by Gasteiger charge is 2.29. The standard InChI is InChI=1S/C26H41N3O4S/c1-3-4-17-27(2)26(31)23-15-20-28(21-16-23)25(30)14-11-22-9-12-24(13-10-22)34(32,33)29-18-7-5-6-8-19-29/h9-10,12-13,23H,3-8,11,14-21H2,1-2H3. The molecule has 2 aliphatic rings. The molecule has 0 aromatic heterocycles. The Hall–Kier alpha value is -1.93. The zero-order valence-electron chi connectivity index (χ0n) is 20.9. The number of likely N-dealkylation sites (tertiary alicyclic amines) is 1. The van der Waals surface area contributed by atoms with Crippen molar-refractivity contribution in [1.29, 1.82) is 0 Å². The van der Waals surface area contributed by atoms with E-state index >= 15 is 0 Å². The summed E-state index contributed by atoms with van der Waals surface area (Å²) in [5.74, 6) is 0.326. The van der Waals surface area contributed by atoms with Crippen molar-refractivity contribution in [2.24, 2.45) is 5.92 Å². The summed E-state index contributed by atoms with van der Waals surface area (Å²) in [5.41, 5.74) is 0.964. The van der Waals surface area contributed by atoms with Crippen molar-refractivity contribution in [2.45, 2.75) is 76.0 Å². The lowest BCUT2D eigenvalue weighted by Gasteiger charge is -2.33. The predicted octanol–water partition coefficient (Wildman–Crippen LogP) is 3.68. The Morgan fingerprint density at radius 2 is 1.59 bits per heavy atom. The molecular weight excluding hydrogens is 450 g/mol. The normalized spacial score (nSPS) is 18.5. The number of unbranched alkanes of at least 4 members (excludes halogenated alkanes) is 1. The lowest BCUT2D eigenvalue weighted by Crippen LogP contribution is -2.43. The van der Waals surface area contributed by atoms with Crippen LogP contribution in [0.1, 0.15) is 70.3 Å². The number of carbonyl (C=O) groups is 2. The Morgan fingerprint density at radius 3 is 2.18 bits per heavy atom. The van der Waals surface area contributed by atoms with Gasteiger partial charge in [-0.3, -0.25) is 9.59 Å². The van der Waals surface area contributed by atoms with E-state index in [1.54, 1.807) is 16.4 Å². The van der Waals surface area contributed by atoms with E-state index in [1.807, 2.05) is 29.0 Å². The van der Waals surface area contributed by atoms with Crippen molar-refractivity contribution in [3.05, 3.63) is 29.8 Å². The van der Waals surface area contributed by atoms with E-state index < -0.39 is 10.0 Å². The second-order valence-electron chi connectivity index (χ2n) is 9.73. The molecule has 1 aromatic carbocycles. The van der Waals surface area contributed by atoms with Crippen LogP contribution >= 0.6 is 0 Å². The highest BCUT2D eigenvalue weighted by Crippen LogP contribution is 2.22. The van der Waals surface area contributed by atoms with E-state index in [0.29, 0.717) is 43.9 Å². The number of rotatable bonds is 9. The van der Waals surface area contributed by atoms with Crippen LogP contribution in [0.4, 0.5) is 0 Å². The lowest BCUT2D eigenvalue weighted by atomic mass is 9.95. The van der Waals surface area contributed by atoms with E-state index in [9.17, 15) is 18.0 Å². The first kappa shape index (κ1) is 26.7. The van der Waals surface area contributed by atoms with Gasteiger partial charge in [0.1, 0.15) is 0 Å². The summed E-state index contributed by atoms with van der Waals surface area (Å²) < 4.78 is 27.5. The van der Waals surface area contributed by atoms with Crippen LogP contribution in [0.5, 0.6) is 0 Å². The molecule has 7 nitrogen and oxygen atoms in total. The van der Waals surface area contributed by atoms with Gasteiger partial charge in [0, 0.05) is 52.1 Å². The molecule has 0 N–H and O–H groups in total. The Morgan fingerprint density at radius 1 is 0.971 bits per heavy atom. The van der Waals surface area contributed by atoms with Gasteiger partial charge in [0.25, 0.3) is 0 Å². The summed E-state index contributed by atoms with van der Waals surface area (Å²) in [6.45, 7) is 5.36. The van der Waals surface area contributed by atoms with Gasteiger partial charge in [0.2, 0.25) is 21.8 Å². The van der Waals surface area contributed by atoms with Gasteiger partial charge >= 0.3 is 0 Å². The second kappa shape index (κ2) is 12.7. The number of aryl methyl sites for hydroxylation is 1. The highest BCUT2D eigenvalue weighted by molar-refractivity contribution is 7.89. The smallest absolute Gasteiger partial charge is 0.243 e. The fourth-order valence-electron chi connectivity index (χ4n) is 4.86. The molecule has 3 rings (SSSR count). The predicted molar refractivity (Wildman–Crippen MR) is 134 cm³/mol. The van der Waals surface area contributed by atoms with Gasteiger partial charge in [-0.15, -0.1) is 0 Å². The minimum Gasteiger partial charge on any atom is -0.346 e. The van der Waals surface area contributed by atoms with Gasteiger partial charge in [0.05, 0.1) is 4.90 Å². The Balaban J connectivity index is 1.46. The first-order valence-corrected chi connectivity index (χ1v) is 14.4. The molecule has 0 atom stereocenters. The molecule has 0 radical (unpaired) electrons.